The molecular formula is C13H11FN2O2S. The Kier molecular flexibility index (Phi) is 3.71. The van der Waals surface area contributed by atoms with Crippen LogP contribution in [0.3, 0.4) is 0 Å². The number of halogens is 1. The second-order valence-corrected chi connectivity index (χ2v) is 5.53. The van der Waals surface area contributed by atoms with E-state index in [0.29, 0.717) is 5.56 Å². The van der Waals surface area contributed by atoms with Gasteiger partial charge in [0.1, 0.15) is 0 Å². The highest BCUT2D eigenvalue weighted by molar-refractivity contribution is 7.95. The summed E-state index contributed by atoms with van der Waals surface area (Å²) in [6.45, 7) is 1.41. The summed E-state index contributed by atoms with van der Waals surface area (Å²) < 4.78 is 38.1. The predicted octanol–water partition coefficient (Wildman–Crippen LogP) is 2.61. The molecule has 2 aromatic rings. The maximum atomic E-state index is 14.2. The fourth-order valence-electron chi connectivity index (χ4n) is 1.51. The number of hydrogen-bond acceptors (Lipinski definition) is 4. The van der Waals surface area contributed by atoms with Crippen LogP contribution in [0.25, 0.3) is 5.57 Å². The van der Waals surface area contributed by atoms with E-state index in [4.69, 9.17) is 0 Å². The van der Waals surface area contributed by atoms with Crippen LogP contribution in [-0.2, 0) is 9.84 Å². The van der Waals surface area contributed by atoms with E-state index in [0.717, 1.165) is 0 Å². The highest BCUT2D eigenvalue weighted by atomic mass is 32.2. The minimum Gasteiger partial charge on any atom is -0.226 e. The number of allylic oxidation sites excluding steroid dienone is 1. The standard InChI is InChI=1S/C13H11FN2O2S/c1-10(11-6-3-2-4-7-11)12(14)19(17,18)13-15-8-5-9-16-13/h2-9H,1H3/b12-10-. The van der Waals surface area contributed by atoms with Gasteiger partial charge in [-0.25, -0.2) is 18.4 Å². The van der Waals surface area contributed by atoms with Gasteiger partial charge in [0.25, 0.3) is 15.0 Å². The lowest BCUT2D eigenvalue weighted by atomic mass is 10.1. The first kappa shape index (κ1) is 13.4. The van der Waals surface area contributed by atoms with Gasteiger partial charge in [-0.05, 0) is 18.6 Å². The molecule has 1 aromatic heterocycles. The number of aromatic nitrogens is 2. The highest BCUT2D eigenvalue weighted by Crippen LogP contribution is 2.26. The van der Waals surface area contributed by atoms with Crippen LogP contribution >= 0.6 is 0 Å². The van der Waals surface area contributed by atoms with Crippen molar-refractivity contribution in [1.29, 1.82) is 0 Å². The van der Waals surface area contributed by atoms with Gasteiger partial charge in [0.05, 0.1) is 0 Å². The Morgan fingerprint density at radius 1 is 1.05 bits per heavy atom. The van der Waals surface area contributed by atoms with Crippen molar-refractivity contribution < 1.29 is 12.8 Å². The molecule has 0 N–H and O–H groups in total. The van der Waals surface area contributed by atoms with E-state index in [1.165, 1.54) is 25.4 Å². The molecule has 6 heteroatoms. The molecule has 98 valence electrons. The molecule has 0 spiro atoms. The Bertz CT molecular complexity index is 698. The molecule has 0 radical (unpaired) electrons. The summed E-state index contributed by atoms with van der Waals surface area (Å²) in [6, 6.07) is 9.91. The lowest BCUT2D eigenvalue weighted by molar-refractivity contribution is 0.570. The molecule has 1 heterocycles. The minimum atomic E-state index is -4.30. The maximum absolute atomic E-state index is 14.2. The molecule has 0 fully saturated rings. The van der Waals surface area contributed by atoms with Gasteiger partial charge in [-0.3, -0.25) is 0 Å². The fourth-order valence-corrected chi connectivity index (χ4v) is 2.59. The van der Waals surface area contributed by atoms with E-state index in [9.17, 15) is 12.8 Å². The summed E-state index contributed by atoms with van der Waals surface area (Å²) >= 11 is 0. The monoisotopic (exact) mass is 278 g/mol. The second kappa shape index (κ2) is 5.27. The van der Waals surface area contributed by atoms with Gasteiger partial charge in [-0.15, -0.1) is 0 Å². The third kappa shape index (κ3) is 2.68. The molecule has 0 aliphatic heterocycles. The lowest BCUT2D eigenvalue weighted by Crippen LogP contribution is -2.07. The second-order valence-electron chi connectivity index (χ2n) is 3.80. The summed E-state index contributed by atoms with van der Waals surface area (Å²) in [7, 11) is -4.30. The molecule has 1 aromatic carbocycles. The number of rotatable bonds is 3. The van der Waals surface area contributed by atoms with E-state index >= 15 is 0 Å². The molecule has 4 nitrogen and oxygen atoms in total. The molecule has 0 saturated carbocycles. The summed E-state index contributed by atoms with van der Waals surface area (Å²) in [5.41, 5.74) is 0.535. The Labute approximate surface area is 110 Å². The molecule has 0 saturated heterocycles. The van der Waals surface area contributed by atoms with Crippen LogP contribution < -0.4 is 0 Å². The molecule has 19 heavy (non-hydrogen) atoms. The van der Waals surface area contributed by atoms with Crippen LogP contribution in [0.5, 0.6) is 0 Å². The van der Waals surface area contributed by atoms with Crippen LogP contribution in [0.15, 0.2) is 59.1 Å². The molecule has 0 bridgehead atoms. The van der Waals surface area contributed by atoms with Crippen molar-refractivity contribution in [2.45, 2.75) is 12.1 Å². The van der Waals surface area contributed by atoms with Gasteiger partial charge in [-0.1, -0.05) is 30.3 Å². The van der Waals surface area contributed by atoms with Crippen LogP contribution in [0.2, 0.25) is 0 Å². The molecular weight excluding hydrogens is 267 g/mol. The predicted molar refractivity (Wildman–Crippen MR) is 69.4 cm³/mol. The van der Waals surface area contributed by atoms with Crippen LogP contribution in [0.4, 0.5) is 4.39 Å². The van der Waals surface area contributed by atoms with Gasteiger partial charge in [0.15, 0.2) is 0 Å². The Morgan fingerprint density at radius 3 is 2.21 bits per heavy atom. The topological polar surface area (TPSA) is 59.9 Å². The molecule has 0 amide bonds. The Morgan fingerprint density at radius 2 is 1.63 bits per heavy atom. The zero-order valence-electron chi connectivity index (χ0n) is 10.1. The number of sulfone groups is 1. The highest BCUT2D eigenvalue weighted by Gasteiger charge is 2.26. The van der Waals surface area contributed by atoms with Crippen molar-refractivity contribution in [3.05, 3.63) is 59.5 Å². The van der Waals surface area contributed by atoms with Crippen LogP contribution in [0, 0.1) is 0 Å². The summed E-state index contributed by atoms with van der Waals surface area (Å²) in [4.78, 5) is 7.15. The van der Waals surface area contributed by atoms with Crippen LogP contribution in [-0.4, -0.2) is 18.4 Å². The summed E-state index contributed by atoms with van der Waals surface area (Å²) in [5, 5.41) is -1.77. The first-order valence-corrected chi connectivity index (χ1v) is 6.95. The first-order valence-electron chi connectivity index (χ1n) is 5.47. The largest absolute Gasteiger partial charge is 0.268 e. The van der Waals surface area contributed by atoms with E-state index in [2.05, 4.69) is 9.97 Å². The van der Waals surface area contributed by atoms with Crippen LogP contribution in [0.1, 0.15) is 12.5 Å². The average Bonchev–Trinajstić information content (AvgIpc) is 2.47. The van der Waals surface area contributed by atoms with E-state index < -0.39 is 20.2 Å². The minimum absolute atomic E-state index is 0.0352. The molecule has 0 unspecified atom stereocenters. The number of hydrogen-bond donors (Lipinski definition) is 0. The smallest absolute Gasteiger partial charge is 0.226 e. The van der Waals surface area contributed by atoms with Crippen molar-refractivity contribution in [3.63, 3.8) is 0 Å². The Balaban J connectivity index is 2.53. The zero-order chi connectivity index (χ0) is 13.9. The SMILES string of the molecule is C/C(=C(\F)S(=O)(=O)c1ncccn1)c1ccccc1. The molecule has 0 aliphatic carbocycles. The lowest BCUT2D eigenvalue weighted by Gasteiger charge is -2.05. The maximum Gasteiger partial charge on any atom is 0.268 e. The molecule has 0 atom stereocenters. The normalized spacial score (nSPS) is 12.9. The van der Waals surface area contributed by atoms with Crippen molar-refractivity contribution in [2.75, 3.05) is 0 Å². The molecule has 0 aliphatic rings. The van der Waals surface area contributed by atoms with Gasteiger partial charge < -0.3 is 0 Å². The third-order valence-electron chi connectivity index (χ3n) is 2.52. The average molecular weight is 278 g/mol. The van der Waals surface area contributed by atoms with Crippen molar-refractivity contribution in [3.8, 4) is 0 Å². The quantitative estimate of drug-likeness (QED) is 0.810. The summed E-state index contributed by atoms with van der Waals surface area (Å²) in [6.07, 6.45) is 2.51. The van der Waals surface area contributed by atoms with E-state index in [-0.39, 0.29) is 5.57 Å². The van der Waals surface area contributed by atoms with Gasteiger partial charge in [0.2, 0.25) is 5.16 Å². The zero-order valence-corrected chi connectivity index (χ0v) is 10.9. The van der Waals surface area contributed by atoms with E-state index in [1.807, 2.05) is 0 Å². The number of benzene rings is 1. The fraction of sp³-hybridized carbons (Fsp3) is 0.0769. The van der Waals surface area contributed by atoms with E-state index in [1.54, 1.807) is 30.3 Å². The van der Waals surface area contributed by atoms with Crippen molar-refractivity contribution in [2.24, 2.45) is 0 Å². The number of nitrogens with zero attached hydrogens (tertiary/aromatic N) is 2. The van der Waals surface area contributed by atoms with Gasteiger partial charge >= 0.3 is 0 Å². The van der Waals surface area contributed by atoms with Gasteiger partial charge in [0, 0.05) is 18.0 Å². The van der Waals surface area contributed by atoms with Crippen molar-refractivity contribution >= 4 is 15.4 Å². The first-order chi connectivity index (χ1) is 9.03. The summed E-state index contributed by atoms with van der Waals surface area (Å²) in [5.74, 6) is 0. The van der Waals surface area contributed by atoms with Gasteiger partial charge in [-0.2, -0.15) is 4.39 Å². The van der Waals surface area contributed by atoms with Crippen molar-refractivity contribution in [1.82, 2.24) is 9.97 Å². The third-order valence-corrected chi connectivity index (χ3v) is 3.99. The Hall–Kier alpha value is -2.08. The molecule has 2 rings (SSSR count).